The normalized spacial score (nSPS) is 19.9. The maximum atomic E-state index is 10.2. The van der Waals surface area contributed by atoms with Crippen LogP contribution in [0.15, 0.2) is 12.4 Å². The molecule has 1 aromatic rings. The van der Waals surface area contributed by atoms with Crippen molar-refractivity contribution in [2.75, 3.05) is 0 Å². The van der Waals surface area contributed by atoms with E-state index in [1.807, 2.05) is 6.92 Å². The highest BCUT2D eigenvalue weighted by Gasteiger charge is 2.31. The highest BCUT2D eigenvalue weighted by atomic mass is 16.3. The summed E-state index contributed by atoms with van der Waals surface area (Å²) in [7, 11) is 0. The maximum absolute atomic E-state index is 10.2. The number of nitrogens with zero attached hydrogens (tertiary/aromatic N) is 2. The van der Waals surface area contributed by atoms with Crippen molar-refractivity contribution in [2.24, 2.45) is 0 Å². The molecule has 0 amide bonds. The number of aromatic nitrogens is 2. The molecule has 14 heavy (non-hydrogen) atoms. The summed E-state index contributed by atoms with van der Waals surface area (Å²) in [6.45, 7) is 1.93. The molecule has 2 rings (SSSR count). The Morgan fingerprint density at radius 2 is 2.07 bits per heavy atom. The van der Waals surface area contributed by atoms with Gasteiger partial charge < -0.3 is 5.11 Å². The third-order valence-electron chi connectivity index (χ3n) is 2.85. The topological polar surface area (TPSA) is 46.0 Å². The lowest BCUT2D eigenvalue weighted by molar-refractivity contribution is 0.0471. The molecule has 1 saturated carbocycles. The van der Waals surface area contributed by atoms with Crippen LogP contribution in [0.3, 0.4) is 0 Å². The van der Waals surface area contributed by atoms with Crippen molar-refractivity contribution in [2.45, 2.75) is 44.6 Å². The van der Waals surface area contributed by atoms with Gasteiger partial charge in [-0.3, -0.25) is 9.97 Å². The molecule has 0 atom stereocenters. The Morgan fingerprint density at radius 1 is 1.36 bits per heavy atom. The molecule has 0 unspecified atom stereocenters. The van der Waals surface area contributed by atoms with E-state index in [1.54, 1.807) is 12.4 Å². The van der Waals surface area contributed by atoms with Crippen molar-refractivity contribution >= 4 is 0 Å². The number of aryl methyl sites for hydroxylation is 1. The van der Waals surface area contributed by atoms with E-state index >= 15 is 0 Å². The number of rotatable bonds is 2. The van der Waals surface area contributed by atoms with Gasteiger partial charge in [0.05, 0.1) is 17.0 Å². The van der Waals surface area contributed by atoms with Gasteiger partial charge in [0.2, 0.25) is 0 Å². The highest BCUT2D eigenvalue weighted by molar-refractivity contribution is 5.06. The van der Waals surface area contributed by atoms with Gasteiger partial charge in [0.1, 0.15) is 0 Å². The van der Waals surface area contributed by atoms with Crippen LogP contribution in [0.5, 0.6) is 0 Å². The fourth-order valence-electron chi connectivity index (χ4n) is 2.15. The molecular formula is C11H16N2O. The molecule has 3 heteroatoms. The van der Waals surface area contributed by atoms with Crippen molar-refractivity contribution in [3.05, 3.63) is 23.8 Å². The predicted molar refractivity (Wildman–Crippen MR) is 53.9 cm³/mol. The quantitative estimate of drug-likeness (QED) is 0.774. The summed E-state index contributed by atoms with van der Waals surface area (Å²) in [5, 5.41) is 10.2. The predicted octanol–water partition coefficient (Wildman–Crippen LogP) is 1.63. The molecule has 3 nitrogen and oxygen atoms in total. The zero-order chi connectivity index (χ0) is 10.0. The minimum Gasteiger partial charge on any atom is -0.389 e. The first-order valence-electron chi connectivity index (χ1n) is 5.18. The average molecular weight is 192 g/mol. The van der Waals surface area contributed by atoms with Gasteiger partial charge in [0.25, 0.3) is 0 Å². The van der Waals surface area contributed by atoms with E-state index in [0.717, 1.165) is 37.1 Å². The van der Waals surface area contributed by atoms with Crippen molar-refractivity contribution < 1.29 is 5.11 Å². The molecule has 1 aliphatic rings. The van der Waals surface area contributed by atoms with E-state index < -0.39 is 5.60 Å². The summed E-state index contributed by atoms with van der Waals surface area (Å²) in [6, 6.07) is 0. The van der Waals surface area contributed by atoms with E-state index in [-0.39, 0.29) is 0 Å². The van der Waals surface area contributed by atoms with Crippen LogP contribution in [0.25, 0.3) is 0 Å². The summed E-state index contributed by atoms with van der Waals surface area (Å²) >= 11 is 0. The second-order valence-electron chi connectivity index (χ2n) is 4.26. The monoisotopic (exact) mass is 192 g/mol. The molecule has 1 aromatic heterocycles. The average Bonchev–Trinajstić information content (AvgIpc) is 2.51. The van der Waals surface area contributed by atoms with Crippen LogP contribution in [0.4, 0.5) is 0 Å². The lowest BCUT2D eigenvalue weighted by Gasteiger charge is -2.21. The summed E-state index contributed by atoms with van der Waals surface area (Å²) in [5.74, 6) is 0. The van der Waals surface area contributed by atoms with E-state index in [0.29, 0.717) is 6.42 Å². The Labute approximate surface area is 84.2 Å². The minimum atomic E-state index is -0.511. The minimum absolute atomic E-state index is 0.511. The molecule has 1 heterocycles. The van der Waals surface area contributed by atoms with E-state index in [9.17, 15) is 5.11 Å². The van der Waals surface area contributed by atoms with Gasteiger partial charge in [-0.1, -0.05) is 12.8 Å². The Balaban J connectivity index is 2.10. The summed E-state index contributed by atoms with van der Waals surface area (Å²) < 4.78 is 0. The first kappa shape index (κ1) is 9.59. The lowest BCUT2D eigenvalue weighted by atomic mass is 9.96. The molecule has 1 aliphatic carbocycles. The first-order chi connectivity index (χ1) is 6.68. The van der Waals surface area contributed by atoms with Crippen LogP contribution in [-0.4, -0.2) is 20.7 Å². The van der Waals surface area contributed by atoms with Crippen LogP contribution in [0.1, 0.15) is 37.1 Å². The van der Waals surface area contributed by atoms with Crippen LogP contribution >= 0.6 is 0 Å². The molecular weight excluding hydrogens is 176 g/mol. The van der Waals surface area contributed by atoms with Crippen LogP contribution < -0.4 is 0 Å². The van der Waals surface area contributed by atoms with Gasteiger partial charge in [-0.05, 0) is 19.8 Å². The summed E-state index contributed by atoms with van der Waals surface area (Å²) in [6.07, 6.45) is 8.23. The number of hydrogen-bond donors (Lipinski definition) is 1. The molecule has 0 spiro atoms. The van der Waals surface area contributed by atoms with Crippen molar-refractivity contribution in [1.29, 1.82) is 0 Å². The zero-order valence-corrected chi connectivity index (χ0v) is 8.53. The number of aliphatic hydroxyl groups is 1. The molecule has 0 bridgehead atoms. The van der Waals surface area contributed by atoms with E-state index in [4.69, 9.17) is 0 Å². The molecule has 76 valence electrons. The van der Waals surface area contributed by atoms with Gasteiger partial charge >= 0.3 is 0 Å². The lowest BCUT2D eigenvalue weighted by Crippen LogP contribution is -2.27. The third-order valence-corrected chi connectivity index (χ3v) is 2.85. The van der Waals surface area contributed by atoms with Crippen LogP contribution in [0, 0.1) is 6.92 Å². The third kappa shape index (κ3) is 2.10. The van der Waals surface area contributed by atoms with Crippen LogP contribution in [0.2, 0.25) is 0 Å². The van der Waals surface area contributed by atoms with Crippen molar-refractivity contribution in [3.8, 4) is 0 Å². The fraction of sp³-hybridized carbons (Fsp3) is 0.636. The Bertz CT molecular complexity index is 319. The summed E-state index contributed by atoms with van der Waals surface area (Å²) in [5.41, 5.74) is 1.32. The Hall–Kier alpha value is -0.960. The second-order valence-corrected chi connectivity index (χ2v) is 4.26. The first-order valence-corrected chi connectivity index (χ1v) is 5.18. The maximum Gasteiger partial charge on any atom is 0.0703 e. The molecule has 0 aliphatic heterocycles. The Morgan fingerprint density at radius 3 is 2.71 bits per heavy atom. The zero-order valence-electron chi connectivity index (χ0n) is 8.53. The van der Waals surface area contributed by atoms with Gasteiger partial charge in [-0.2, -0.15) is 0 Å². The number of hydrogen-bond acceptors (Lipinski definition) is 3. The Kier molecular flexibility index (Phi) is 2.50. The molecule has 0 radical (unpaired) electrons. The van der Waals surface area contributed by atoms with E-state index in [1.165, 1.54) is 0 Å². The largest absolute Gasteiger partial charge is 0.389 e. The molecule has 1 fully saturated rings. The molecule has 0 saturated heterocycles. The second kappa shape index (κ2) is 3.65. The van der Waals surface area contributed by atoms with Crippen LogP contribution in [-0.2, 0) is 6.42 Å². The molecule has 0 aromatic carbocycles. The van der Waals surface area contributed by atoms with Gasteiger partial charge in [0.15, 0.2) is 0 Å². The SMILES string of the molecule is Cc1cncc(CC2(O)CCCC2)n1. The summed E-state index contributed by atoms with van der Waals surface area (Å²) in [4.78, 5) is 8.44. The van der Waals surface area contributed by atoms with Crippen molar-refractivity contribution in [3.63, 3.8) is 0 Å². The molecule has 1 N–H and O–H groups in total. The van der Waals surface area contributed by atoms with Gasteiger partial charge in [-0.15, -0.1) is 0 Å². The fourth-order valence-corrected chi connectivity index (χ4v) is 2.15. The standard InChI is InChI=1S/C11H16N2O/c1-9-7-12-8-10(13-9)6-11(14)4-2-3-5-11/h7-8,14H,2-6H2,1H3. The highest BCUT2D eigenvalue weighted by Crippen LogP contribution is 2.31. The van der Waals surface area contributed by atoms with Gasteiger partial charge in [0, 0.05) is 18.8 Å². The van der Waals surface area contributed by atoms with Crippen molar-refractivity contribution in [1.82, 2.24) is 9.97 Å². The smallest absolute Gasteiger partial charge is 0.0703 e. The van der Waals surface area contributed by atoms with Gasteiger partial charge in [-0.25, -0.2) is 0 Å². The van der Waals surface area contributed by atoms with E-state index in [2.05, 4.69) is 9.97 Å².